The molecule has 3 amide bonds. The van der Waals surface area contributed by atoms with Crippen LogP contribution < -0.4 is 0 Å². The number of nitrogens with zero attached hydrogens (tertiary/aromatic N) is 4. The van der Waals surface area contributed by atoms with Crippen molar-refractivity contribution >= 4 is 11.9 Å². The molecular formula is C23H33FN4O2. The average molecular weight is 417 g/mol. The van der Waals surface area contributed by atoms with Gasteiger partial charge in [0.15, 0.2) is 0 Å². The van der Waals surface area contributed by atoms with Crippen molar-refractivity contribution < 1.29 is 14.0 Å². The molecule has 1 atom stereocenters. The number of hydrogen-bond acceptors (Lipinski definition) is 3. The Balaban J connectivity index is 1.54. The van der Waals surface area contributed by atoms with Gasteiger partial charge in [-0.25, -0.2) is 9.18 Å². The zero-order valence-electron chi connectivity index (χ0n) is 18.4. The Morgan fingerprint density at radius 2 is 1.73 bits per heavy atom. The molecule has 0 bridgehead atoms. The Morgan fingerprint density at radius 1 is 1.07 bits per heavy atom. The molecule has 3 saturated heterocycles. The SMILES string of the molecule is CCN1CC[C@@]2(CN(C(=O)N(C)C)CC23CCN(Cc2ccc(F)cc2)CC3)C1=O. The first-order chi connectivity index (χ1) is 14.3. The summed E-state index contributed by atoms with van der Waals surface area (Å²) in [5.41, 5.74) is 0.502. The summed E-state index contributed by atoms with van der Waals surface area (Å²) in [5, 5.41) is 0. The highest BCUT2D eigenvalue weighted by atomic mass is 19.1. The number of fused-ring (bicyclic) bond motifs is 1. The van der Waals surface area contributed by atoms with E-state index in [0.29, 0.717) is 13.1 Å². The third-order valence-corrected chi connectivity index (χ3v) is 7.64. The second kappa shape index (κ2) is 7.84. The maximum Gasteiger partial charge on any atom is 0.319 e. The third kappa shape index (κ3) is 3.37. The standard InChI is InChI=1S/C23H33FN4O2/c1-4-27-14-11-23(20(27)29)17-28(21(30)25(2)3)16-22(23)9-12-26(13-10-22)15-18-5-7-19(24)8-6-18/h5-8H,4,9-17H2,1-3H3/t23-/m1/s1. The Bertz CT molecular complexity index is 804. The molecule has 7 heteroatoms. The number of hydrogen-bond donors (Lipinski definition) is 0. The molecule has 3 aliphatic rings. The van der Waals surface area contributed by atoms with E-state index in [1.807, 2.05) is 28.9 Å². The van der Waals surface area contributed by atoms with Crippen LogP contribution in [0.1, 0.15) is 31.7 Å². The molecule has 3 fully saturated rings. The van der Waals surface area contributed by atoms with Gasteiger partial charge in [-0.3, -0.25) is 9.69 Å². The van der Waals surface area contributed by atoms with Gasteiger partial charge in [0.1, 0.15) is 5.82 Å². The molecule has 0 saturated carbocycles. The minimum atomic E-state index is -0.448. The smallest absolute Gasteiger partial charge is 0.319 e. The molecule has 0 aromatic heterocycles. The molecule has 0 unspecified atom stereocenters. The highest BCUT2D eigenvalue weighted by Crippen LogP contribution is 2.58. The van der Waals surface area contributed by atoms with Crippen molar-refractivity contribution in [1.82, 2.24) is 19.6 Å². The first-order valence-electron chi connectivity index (χ1n) is 11.0. The van der Waals surface area contributed by atoms with E-state index >= 15 is 0 Å². The molecule has 4 rings (SSSR count). The van der Waals surface area contributed by atoms with Crippen LogP contribution in [0.4, 0.5) is 9.18 Å². The lowest BCUT2D eigenvalue weighted by atomic mass is 9.60. The largest absolute Gasteiger partial charge is 0.342 e. The van der Waals surface area contributed by atoms with Crippen LogP contribution in [0, 0.1) is 16.6 Å². The van der Waals surface area contributed by atoms with Crippen molar-refractivity contribution in [2.24, 2.45) is 10.8 Å². The van der Waals surface area contributed by atoms with Crippen LogP contribution in [-0.4, -0.2) is 84.9 Å². The summed E-state index contributed by atoms with van der Waals surface area (Å²) in [6.45, 7) is 7.33. The number of rotatable bonds is 3. The topological polar surface area (TPSA) is 47.1 Å². The van der Waals surface area contributed by atoms with Gasteiger partial charge in [0.05, 0.1) is 5.41 Å². The van der Waals surface area contributed by atoms with E-state index in [0.717, 1.165) is 57.5 Å². The molecule has 6 nitrogen and oxygen atoms in total. The van der Waals surface area contributed by atoms with Crippen LogP contribution in [0.3, 0.4) is 0 Å². The lowest BCUT2D eigenvalue weighted by molar-refractivity contribution is -0.142. The molecular weight excluding hydrogens is 383 g/mol. The van der Waals surface area contributed by atoms with E-state index < -0.39 is 5.41 Å². The van der Waals surface area contributed by atoms with Crippen LogP contribution in [-0.2, 0) is 11.3 Å². The molecule has 1 aromatic rings. The average Bonchev–Trinajstić information content (AvgIpc) is 3.23. The van der Waals surface area contributed by atoms with Gasteiger partial charge < -0.3 is 14.7 Å². The number of benzene rings is 1. The van der Waals surface area contributed by atoms with Crippen molar-refractivity contribution in [2.45, 2.75) is 32.7 Å². The third-order valence-electron chi connectivity index (χ3n) is 7.64. The van der Waals surface area contributed by atoms with Gasteiger partial charge in [-0.1, -0.05) is 12.1 Å². The monoisotopic (exact) mass is 416 g/mol. The zero-order chi connectivity index (χ0) is 21.5. The van der Waals surface area contributed by atoms with Gasteiger partial charge in [0.2, 0.25) is 5.91 Å². The van der Waals surface area contributed by atoms with Crippen LogP contribution in [0.2, 0.25) is 0 Å². The predicted octanol–water partition coefficient (Wildman–Crippen LogP) is 2.64. The van der Waals surface area contributed by atoms with Gasteiger partial charge in [0.25, 0.3) is 0 Å². The lowest BCUT2D eigenvalue weighted by Gasteiger charge is -2.46. The minimum absolute atomic E-state index is 0.00254. The van der Waals surface area contributed by atoms with Crippen molar-refractivity contribution in [1.29, 1.82) is 0 Å². The van der Waals surface area contributed by atoms with Crippen molar-refractivity contribution in [2.75, 3.05) is 53.4 Å². The zero-order valence-corrected chi connectivity index (χ0v) is 18.4. The summed E-state index contributed by atoms with van der Waals surface area (Å²) in [6.07, 6.45) is 2.66. The van der Waals surface area contributed by atoms with E-state index in [2.05, 4.69) is 4.90 Å². The summed E-state index contributed by atoms with van der Waals surface area (Å²) >= 11 is 0. The molecule has 0 radical (unpaired) electrons. The van der Waals surface area contributed by atoms with Gasteiger partial charge in [-0.05, 0) is 57.0 Å². The van der Waals surface area contributed by atoms with Crippen molar-refractivity contribution in [3.63, 3.8) is 0 Å². The number of carbonyl (C=O) groups excluding carboxylic acids is 2. The molecule has 0 N–H and O–H groups in total. The number of likely N-dealkylation sites (tertiary alicyclic amines) is 3. The number of halogens is 1. The van der Waals surface area contributed by atoms with E-state index in [1.165, 1.54) is 12.1 Å². The normalized spacial score (nSPS) is 26.2. The Hall–Kier alpha value is -2.15. The molecule has 2 spiro atoms. The van der Waals surface area contributed by atoms with Crippen LogP contribution in [0.5, 0.6) is 0 Å². The Labute approximate surface area is 178 Å². The van der Waals surface area contributed by atoms with E-state index in [4.69, 9.17) is 0 Å². The Kier molecular flexibility index (Phi) is 5.51. The second-order valence-corrected chi connectivity index (χ2v) is 9.43. The first-order valence-corrected chi connectivity index (χ1v) is 11.0. The first kappa shape index (κ1) is 21.1. The molecule has 164 valence electrons. The fraction of sp³-hybridized carbons (Fsp3) is 0.652. The number of carbonyl (C=O) groups is 2. The summed E-state index contributed by atoms with van der Waals surface area (Å²) in [4.78, 5) is 34.2. The highest BCUT2D eigenvalue weighted by Gasteiger charge is 2.65. The number of amides is 3. The summed E-state index contributed by atoms with van der Waals surface area (Å²) in [6, 6.07) is 6.70. The summed E-state index contributed by atoms with van der Waals surface area (Å²) < 4.78 is 13.2. The van der Waals surface area contributed by atoms with Crippen molar-refractivity contribution in [3.05, 3.63) is 35.6 Å². The predicted molar refractivity (Wildman–Crippen MR) is 113 cm³/mol. The van der Waals surface area contributed by atoms with Gasteiger partial charge in [-0.2, -0.15) is 0 Å². The molecule has 30 heavy (non-hydrogen) atoms. The Morgan fingerprint density at radius 3 is 2.30 bits per heavy atom. The van der Waals surface area contributed by atoms with Gasteiger partial charge >= 0.3 is 6.03 Å². The highest BCUT2D eigenvalue weighted by molar-refractivity contribution is 5.88. The summed E-state index contributed by atoms with van der Waals surface area (Å²) in [5.74, 6) is 0.0289. The number of urea groups is 1. The van der Waals surface area contributed by atoms with Crippen LogP contribution >= 0.6 is 0 Å². The lowest BCUT2D eigenvalue weighted by Crippen LogP contribution is -2.52. The number of piperidine rings is 1. The summed E-state index contributed by atoms with van der Waals surface area (Å²) in [7, 11) is 3.56. The van der Waals surface area contributed by atoms with E-state index in [1.54, 1.807) is 19.0 Å². The molecule has 3 aliphatic heterocycles. The minimum Gasteiger partial charge on any atom is -0.342 e. The molecule has 3 heterocycles. The van der Waals surface area contributed by atoms with Gasteiger partial charge in [-0.15, -0.1) is 0 Å². The maximum absolute atomic E-state index is 13.5. The quantitative estimate of drug-likeness (QED) is 0.761. The van der Waals surface area contributed by atoms with Crippen molar-refractivity contribution in [3.8, 4) is 0 Å². The fourth-order valence-corrected chi connectivity index (χ4v) is 5.89. The maximum atomic E-state index is 13.5. The fourth-order valence-electron chi connectivity index (χ4n) is 5.89. The van der Waals surface area contributed by atoms with Crippen LogP contribution in [0.25, 0.3) is 0 Å². The molecule has 1 aromatic carbocycles. The van der Waals surface area contributed by atoms with Gasteiger partial charge in [0, 0.05) is 52.2 Å². The van der Waals surface area contributed by atoms with E-state index in [9.17, 15) is 14.0 Å². The molecule has 0 aliphatic carbocycles. The van der Waals surface area contributed by atoms with E-state index in [-0.39, 0.29) is 23.2 Å². The second-order valence-electron chi connectivity index (χ2n) is 9.43. The van der Waals surface area contributed by atoms with Crippen LogP contribution in [0.15, 0.2) is 24.3 Å².